The average molecular weight is 439 g/mol. The minimum absolute atomic E-state index is 0.0721. The van der Waals surface area contributed by atoms with Crippen LogP contribution in [0.15, 0.2) is 53.6 Å². The summed E-state index contributed by atoms with van der Waals surface area (Å²) in [7, 11) is 0. The molecule has 2 aromatic rings. The highest BCUT2D eigenvalue weighted by molar-refractivity contribution is 5.83. The summed E-state index contributed by atoms with van der Waals surface area (Å²) in [5.41, 5.74) is 4.95. The van der Waals surface area contributed by atoms with Crippen molar-refractivity contribution in [2.75, 3.05) is 13.2 Å². The number of ether oxygens (including phenoxy) is 2. The standard InChI is InChI=1S/C27H38N2O3/c1-7-8-17-31-23-13-9-21(10-14-23)18-28-29-25(30)19-32-24-15-11-22(12-16-24)27(5,6)20-26(2,3)4/h9-16,18H,7-8,17,19-20H2,1-6H3,(H,29,30)/b28-18+. The van der Waals surface area contributed by atoms with E-state index in [9.17, 15) is 4.79 Å². The van der Waals surface area contributed by atoms with Crippen LogP contribution in [0.4, 0.5) is 0 Å². The van der Waals surface area contributed by atoms with Gasteiger partial charge in [-0.1, -0.05) is 60.1 Å². The molecular weight excluding hydrogens is 400 g/mol. The first kappa shape index (κ1) is 25.4. The van der Waals surface area contributed by atoms with Gasteiger partial charge in [0.25, 0.3) is 5.91 Å². The lowest BCUT2D eigenvalue weighted by Gasteiger charge is -2.33. The van der Waals surface area contributed by atoms with Crippen molar-refractivity contribution in [1.29, 1.82) is 0 Å². The number of carbonyl (C=O) groups is 1. The van der Waals surface area contributed by atoms with Crippen LogP contribution in [0.2, 0.25) is 0 Å². The maximum atomic E-state index is 12.0. The number of nitrogens with one attached hydrogen (secondary N) is 1. The lowest BCUT2D eigenvalue weighted by atomic mass is 9.72. The van der Waals surface area contributed by atoms with Crippen molar-refractivity contribution >= 4 is 12.1 Å². The van der Waals surface area contributed by atoms with E-state index >= 15 is 0 Å². The number of benzene rings is 2. The number of hydrazone groups is 1. The maximum absolute atomic E-state index is 12.0. The Morgan fingerprint density at radius 3 is 2.12 bits per heavy atom. The monoisotopic (exact) mass is 438 g/mol. The Kier molecular flexibility index (Phi) is 9.30. The summed E-state index contributed by atoms with van der Waals surface area (Å²) in [6.07, 6.45) is 4.82. The fourth-order valence-electron chi connectivity index (χ4n) is 3.77. The number of carbonyl (C=O) groups excluding carboxylic acids is 1. The first-order valence-corrected chi connectivity index (χ1v) is 11.4. The van der Waals surface area contributed by atoms with E-state index in [1.165, 1.54) is 5.56 Å². The average Bonchev–Trinajstić information content (AvgIpc) is 2.72. The predicted molar refractivity (Wildman–Crippen MR) is 132 cm³/mol. The second-order valence-corrected chi connectivity index (χ2v) is 10.00. The van der Waals surface area contributed by atoms with E-state index in [2.05, 4.69) is 64.2 Å². The number of nitrogens with zero attached hydrogens (tertiary/aromatic N) is 1. The Balaban J connectivity index is 1.78. The van der Waals surface area contributed by atoms with Gasteiger partial charge in [-0.15, -0.1) is 0 Å². The molecule has 0 unspecified atom stereocenters. The number of rotatable bonds is 11. The van der Waals surface area contributed by atoms with Crippen molar-refractivity contribution in [3.8, 4) is 11.5 Å². The highest BCUT2D eigenvalue weighted by Gasteiger charge is 2.27. The van der Waals surface area contributed by atoms with Crippen LogP contribution in [0.5, 0.6) is 11.5 Å². The molecule has 2 rings (SSSR count). The molecule has 0 heterocycles. The smallest absolute Gasteiger partial charge is 0.277 e. The first-order valence-electron chi connectivity index (χ1n) is 11.4. The SMILES string of the molecule is CCCCOc1ccc(/C=N/NC(=O)COc2ccc(C(C)(C)CC(C)(C)C)cc2)cc1. The summed E-state index contributed by atoms with van der Waals surface area (Å²) in [5, 5.41) is 3.99. The second kappa shape index (κ2) is 11.7. The lowest BCUT2D eigenvalue weighted by Crippen LogP contribution is -2.25. The highest BCUT2D eigenvalue weighted by Crippen LogP contribution is 2.36. The van der Waals surface area contributed by atoms with E-state index in [4.69, 9.17) is 9.47 Å². The van der Waals surface area contributed by atoms with E-state index in [-0.39, 0.29) is 23.3 Å². The Morgan fingerprint density at radius 2 is 1.53 bits per heavy atom. The number of hydrogen-bond acceptors (Lipinski definition) is 4. The molecule has 32 heavy (non-hydrogen) atoms. The van der Waals surface area contributed by atoms with Gasteiger partial charge in [0.2, 0.25) is 0 Å². The molecular formula is C27H38N2O3. The topological polar surface area (TPSA) is 59.9 Å². The van der Waals surface area contributed by atoms with Gasteiger partial charge in [0.1, 0.15) is 11.5 Å². The molecule has 0 radical (unpaired) electrons. The molecule has 5 nitrogen and oxygen atoms in total. The fraction of sp³-hybridized carbons (Fsp3) is 0.481. The Bertz CT molecular complexity index is 863. The highest BCUT2D eigenvalue weighted by atomic mass is 16.5. The van der Waals surface area contributed by atoms with Gasteiger partial charge in [-0.3, -0.25) is 4.79 Å². The molecule has 0 saturated carbocycles. The number of amides is 1. The molecule has 0 bridgehead atoms. The minimum atomic E-state index is -0.307. The van der Waals surface area contributed by atoms with Crippen LogP contribution >= 0.6 is 0 Å². The Morgan fingerprint density at radius 1 is 0.938 bits per heavy atom. The van der Waals surface area contributed by atoms with Gasteiger partial charge in [0, 0.05) is 0 Å². The molecule has 0 aliphatic heterocycles. The van der Waals surface area contributed by atoms with Gasteiger partial charge in [0.15, 0.2) is 6.61 Å². The van der Waals surface area contributed by atoms with Gasteiger partial charge in [0.05, 0.1) is 12.8 Å². The normalized spacial score (nSPS) is 12.1. The molecule has 1 amide bonds. The number of hydrogen-bond donors (Lipinski definition) is 1. The van der Waals surface area contributed by atoms with Gasteiger partial charge in [-0.05, 0) is 71.2 Å². The third-order valence-corrected chi connectivity index (χ3v) is 5.03. The summed E-state index contributed by atoms with van der Waals surface area (Å²) >= 11 is 0. The zero-order valence-corrected chi connectivity index (χ0v) is 20.4. The first-order chi connectivity index (χ1) is 15.1. The molecule has 174 valence electrons. The maximum Gasteiger partial charge on any atom is 0.277 e. The zero-order chi connectivity index (χ0) is 23.6. The minimum Gasteiger partial charge on any atom is -0.494 e. The quantitative estimate of drug-likeness (QED) is 0.262. The van der Waals surface area contributed by atoms with Crippen LogP contribution in [-0.4, -0.2) is 25.3 Å². The lowest BCUT2D eigenvalue weighted by molar-refractivity contribution is -0.123. The molecule has 5 heteroatoms. The van der Waals surface area contributed by atoms with E-state index < -0.39 is 0 Å². The van der Waals surface area contributed by atoms with E-state index in [0.29, 0.717) is 5.75 Å². The zero-order valence-electron chi connectivity index (χ0n) is 20.4. The van der Waals surface area contributed by atoms with Crippen LogP contribution in [0, 0.1) is 5.41 Å². The molecule has 0 saturated heterocycles. The van der Waals surface area contributed by atoms with Crippen LogP contribution in [-0.2, 0) is 10.2 Å². The van der Waals surface area contributed by atoms with Crippen molar-refractivity contribution in [2.45, 2.75) is 66.2 Å². The molecule has 0 fully saturated rings. The summed E-state index contributed by atoms with van der Waals surface area (Å²) in [5.74, 6) is 1.19. The van der Waals surface area contributed by atoms with Gasteiger partial charge in [-0.25, -0.2) is 5.43 Å². The van der Waals surface area contributed by atoms with Gasteiger partial charge in [-0.2, -0.15) is 5.10 Å². The van der Waals surface area contributed by atoms with Gasteiger partial charge >= 0.3 is 0 Å². The van der Waals surface area contributed by atoms with Crippen LogP contribution < -0.4 is 14.9 Å². The van der Waals surface area contributed by atoms with Crippen molar-refractivity contribution in [1.82, 2.24) is 5.43 Å². The molecule has 0 aromatic heterocycles. The van der Waals surface area contributed by atoms with Gasteiger partial charge < -0.3 is 9.47 Å². The Hall–Kier alpha value is -2.82. The van der Waals surface area contributed by atoms with Crippen molar-refractivity contribution in [3.63, 3.8) is 0 Å². The summed E-state index contributed by atoms with van der Waals surface area (Å²) in [6.45, 7) is 14.0. The predicted octanol–water partition coefficient (Wildman–Crippen LogP) is 6.11. The van der Waals surface area contributed by atoms with Crippen molar-refractivity contribution in [2.24, 2.45) is 10.5 Å². The molecule has 0 atom stereocenters. The third kappa shape index (κ3) is 9.13. The van der Waals surface area contributed by atoms with Crippen molar-refractivity contribution < 1.29 is 14.3 Å². The fourth-order valence-corrected chi connectivity index (χ4v) is 3.77. The summed E-state index contributed by atoms with van der Waals surface area (Å²) in [4.78, 5) is 12.0. The van der Waals surface area contributed by atoms with E-state index in [0.717, 1.165) is 37.2 Å². The molecule has 2 aromatic carbocycles. The van der Waals surface area contributed by atoms with E-state index in [1.807, 2.05) is 36.4 Å². The molecule has 0 aliphatic carbocycles. The van der Waals surface area contributed by atoms with Crippen molar-refractivity contribution in [3.05, 3.63) is 59.7 Å². The van der Waals surface area contributed by atoms with Crippen LogP contribution in [0.25, 0.3) is 0 Å². The third-order valence-electron chi connectivity index (χ3n) is 5.03. The Labute approximate surface area is 193 Å². The second-order valence-electron chi connectivity index (χ2n) is 10.00. The molecule has 0 spiro atoms. The van der Waals surface area contributed by atoms with Crippen LogP contribution in [0.1, 0.15) is 71.9 Å². The van der Waals surface area contributed by atoms with Crippen LogP contribution in [0.3, 0.4) is 0 Å². The summed E-state index contributed by atoms with van der Waals surface area (Å²) < 4.78 is 11.2. The van der Waals surface area contributed by atoms with E-state index in [1.54, 1.807) is 6.21 Å². The number of unbranched alkanes of at least 4 members (excludes halogenated alkanes) is 1. The molecule has 1 N–H and O–H groups in total. The molecule has 0 aliphatic rings. The summed E-state index contributed by atoms with van der Waals surface area (Å²) in [6, 6.07) is 15.6. The largest absolute Gasteiger partial charge is 0.494 e.